The van der Waals surface area contributed by atoms with Crippen molar-refractivity contribution in [2.24, 2.45) is 0 Å². The van der Waals surface area contributed by atoms with E-state index in [0.29, 0.717) is 10.9 Å². The van der Waals surface area contributed by atoms with Crippen molar-refractivity contribution in [2.75, 3.05) is 5.75 Å². The Balaban J connectivity index is 1.51. The molecule has 0 aliphatic carbocycles. The average Bonchev–Trinajstić information content (AvgIpc) is 2.63. The molecule has 0 N–H and O–H groups in total. The summed E-state index contributed by atoms with van der Waals surface area (Å²) in [5.41, 5.74) is 2.55. The quantitative estimate of drug-likeness (QED) is 0.633. The molecule has 0 fully saturated rings. The van der Waals surface area contributed by atoms with Crippen LogP contribution in [0.3, 0.4) is 0 Å². The van der Waals surface area contributed by atoms with Crippen molar-refractivity contribution in [1.82, 2.24) is 15.0 Å². The molecular formula is C18H17N3O3S. The first-order chi connectivity index (χ1) is 12.1. The van der Waals surface area contributed by atoms with Gasteiger partial charge in [-0.05, 0) is 24.6 Å². The second kappa shape index (κ2) is 7.94. The lowest BCUT2D eigenvalue weighted by atomic mass is 10.2. The number of ether oxygens (including phenoxy) is 1. The number of nitrogens with zero attached hydrogens (tertiary/aromatic N) is 3. The normalized spacial score (nSPS) is 10.8. The molecule has 6 nitrogen and oxygen atoms in total. The maximum absolute atomic E-state index is 12.2. The van der Waals surface area contributed by atoms with Gasteiger partial charge in [-0.15, -0.1) is 16.9 Å². The van der Waals surface area contributed by atoms with Crippen LogP contribution in [0.15, 0.2) is 53.3 Å². The summed E-state index contributed by atoms with van der Waals surface area (Å²) in [5, 5.41) is 8.18. The highest BCUT2D eigenvalue weighted by molar-refractivity contribution is 7.99. The SMILES string of the molecule is Cc1ccc(CSCC(=O)OCn2nnc3ccccc3c2=O)cc1. The molecule has 0 saturated heterocycles. The van der Waals surface area contributed by atoms with Gasteiger partial charge in [0.2, 0.25) is 0 Å². The summed E-state index contributed by atoms with van der Waals surface area (Å²) in [6.45, 7) is 1.80. The molecule has 1 aromatic heterocycles. The molecule has 2 aromatic carbocycles. The summed E-state index contributed by atoms with van der Waals surface area (Å²) >= 11 is 1.46. The molecule has 0 spiro atoms. The van der Waals surface area contributed by atoms with Crippen molar-refractivity contribution in [1.29, 1.82) is 0 Å². The van der Waals surface area contributed by atoms with Crippen molar-refractivity contribution in [3.8, 4) is 0 Å². The van der Waals surface area contributed by atoms with Crippen molar-refractivity contribution >= 4 is 28.6 Å². The maximum Gasteiger partial charge on any atom is 0.317 e. The van der Waals surface area contributed by atoms with Crippen LogP contribution in [-0.4, -0.2) is 26.7 Å². The molecule has 0 bridgehead atoms. The number of esters is 1. The zero-order valence-corrected chi connectivity index (χ0v) is 14.5. The minimum Gasteiger partial charge on any atom is -0.442 e. The Morgan fingerprint density at radius 2 is 1.92 bits per heavy atom. The molecule has 1 heterocycles. The van der Waals surface area contributed by atoms with E-state index in [-0.39, 0.29) is 24.0 Å². The predicted octanol–water partition coefficient (Wildman–Crippen LogP) is 2.53. The molecule has 0 saturated carbocycles. The topological polar surface area (TPSA) is 74.1 Å². The van der Waals surface area contributed by atoms with Gasteiger partial charge in [0, 0.05) is 5.75 Å². The Bertz CT molecular complexity index is 938. The largest absolute Gasteiger partial charge is 0.442 e. The van der Waals surface area contributed by atoms with Crippen LogP contribution in [-0.2, 0) is 22.0 Å². The standard InChI is InChI=1S/C18H17N3O3S/c1-13-6-8-14(9-7-13)10-25-11-17(22)24-12-21-18(23)15-4-2-3-5-16(15)19-20-21/h2-9H,10-12H2,1H3. The minimum absolute atomic E-state index is 0.212. The predicted molar refractivity (Wildman–Crippen MR) is 97.2 cm³/mol. The van der Waals surface area contributed by atoms with Gasteiger partial charge in [-0.2, -0.15) is 4.68 Å². The van der Waals surface area contributed by atoms with Crippen molar-refractivity contribution < 1.29 is 9.53 Å². The summed E-state index contributed by atoms with van der Waals surface area (Å²) in [5.74, 6) is 0.549. The average molecular weight is 355 g/mol. The Morgan fingerprint density at radius 3 is 2.72 bits per heavy atom. The van der Waals surface area contributed by atoms with E-state index in [0.717, 1.165) is 16.0 Å². The summed E-state index contributed by atoms with van der Waals surface area (Å²) in [6, 6.07) is 15.1. The highest BCUT2D eigenvalue weighted by Gasteiger charge is 2.08. The van der Waals surface area contributed by atoms with Crippen LogP contribution in [0.25, 0.3) is 10.9 Å². The molecule has 0 aliphatic heterocycles. The molecule has 3 rings (SSSR count). The fourth-order valence-electron chi connectivity index (χ4n) is 2.22. The molecule has 0 unspecified atom stereocenters. The van der Waals surface area contributed by atoms with Gasteiger partial charge in [0.05, 0.1) is 11.1 Å². The summed E-state index contributed by atoms with van der Waals surface area (Å²) in [6.07, 6.45) is 0. The van der Waals surface area contributed by atoms with E-state index in [2.05, 4.69) is 10.3 Å². The van der Waals surface area contributed by atoms with E-state index < -0.39 is 0 Å². The van der Waals surface area contributed by atoms with Gasteiger partial charge in [0.1, 0.15) is 5.52 Å². The first kappa shape index (κ1) is 17.2. The molecule has 3 aromatic rings. The molecular weight excluding hydrogens is 338 g/mol. The summed E-state index contributed by atoms with van der Waals surface area (Å²) in [7, 11) is 0. The van der Waals surface area contributed by atoms with Crippen LogP contribution in [0.5, 0.6) is 0 Å². The van der Waals surface area contributed by atoms with Gasteiger partial charge >= 0.3 is 5.97 Å². The molecule has 7 heteroatoms. The number of aryl methyl sites for hydroxylation is 1. The Kier molecular flexibility index (Phi) is 5.45. The highest BCUT2D eigenvalue weighted by atomic mass is 32.2. The number of fused-ring (bicyclic) bond motifs is 1. The zero-order chi connectivity index (χ0) is 17.6. The fourth-order valence-corrected chi connectivity index (χ4v) is 3.00. The van der Waals surface area contributed by atoms with Crippen LogP contribution in [0.1, 0.15) is 11.1 Å². The van der Waals surface area contributed by atoms with Crippen LogP contribution in [0.4, 0.5) is 0 Å². The van der Waals surface area contributed by atoms with Crippen LogP contribution in [0, 0.1) is 6.92 Å². The number of aromatic nitrogens is 3. The Hall–Kier alpha value is -2.67. The Morgan fingerprint density at radius 1 is 1.16 bits per heavy atom. The third-order valence-electron chi connectivity index (χ3n) is 3.59. The lowest BCUT2D eigenvalue weighted by Gasteiger charge is -2.07. The van der Waals surface area contributed by atoms with E-state index in [1.807, 2.05) is 31.2 Å². The lowest BCUT2D eigenvalue weighted by molar-refractivity contribution is -0.144. The van der Waals surface area contributed by atoms with Crippen molar-refractivity contribution in [2.45, 2.75) is 19.4 Å². The highest BCUT2D eigenvalue weighted by Crippen LogP contribution is 2.13. The maximum atomic E-state index is 12.2. The third-order valence-corrected chi connectivity index (χ3v) is 4.56. The van der Waals surface area contributed by atoms with E-state index in [4.69, 9.17) is 4.74 Å². The van der Waals surface area contributed by atoms with Gasteiger partial charge < -0.3 is 4.74 Å². The van der Waals surface area contributed by atoms with E-state index in [1.165, 1.54) is 17.3 Å². The zero-order valence-electron chi connectivity index (χ0n) is 13.7. The first-order valence-electron chi connectivity index (χ1n) is 7.75. The van der Waals surface area contributed by atoms with E-state index in [1.54, 1.807) is 24.3 Å². The first-order valence-corrected chi connectivity index (χ1v) is 8.90. The minimum atomic E-state index is -0.390. The molecule has 25 heavy (non-hydrogen) atoms. The van der Waals surface area contributed by atoms with Crippen molar-refractivity contribution in [3.63, 3.8) is 0 Å². The van der Waals surface area contributed by atoms with E-state index in [9.17, 15) is 9.59 Å². The summed E-state index contributed by atoms with van der Waals surface area (Å²) in [4.78, 5) is 24.1. The number of rotatable bonds is 6. The van der Waals surface area contributed by atoms with Crippen LogP contribution >= 0.6 is 11.8 Å². The smallest absolute Gasteiger partial charge is 0.317 e. The lowest BCUT2D eigenvalue weighted by Crippen LogP contribution is -2.26. The number of hydrogen-bond acceptors (Lipinski definition) is 6. The fraction of sp³-hybridized carbons (Fsp3) is 0.222. The number of carbonyl (C=O) groups is 1. The van der Waals surface area contributed by atoms with Gasteiger partial charge in [0.25, 0.3) is 5.56 Å². The third kappa shape index (κ3) is 4.45. The second-order valence-electron chi connectivity index (χ2n) is 5.54. The van der Waals surface area contributed by atoms with Gasteiger partial charge in [0.15, 0.2) is 6.73 Å². The molecule has 0 atom stereocenters. The van der Waals surface area contributed by atoms with Crippen LogP contribution in [0.2, 0.25) is 0 Å². The number of thioether (sulfide) groups is 1. The monoisotopic (exact) mass is 355 g/mol. The number of benzene rings is 2. The second-order valence-corrected chi connectivity index (χ2v) is 6.52. The molecule has 128 valence electrons. The summed E-state index contributed by atoms with van der Waals surface area (Å²) < 4.78 is 6.16. The molecule has 0 aliphatic rings. The van der Waals surface area contributed by atoms with Gasteiger partial charge in [-0.25, -0.2) is 0 Å². The number of carbonyl (C=O) groups excluding carboxylic acids is 1. The molecule has 0 radical (unpaired) electrons. The van der Waals surface area contributed by atoms with Gasteiger partial charge in [-0.3, -0.25) is 9.59 Å². The van der Waals surface area contributed by atoms with E-state index >= 15 is 0 Å². The van der Waals surface area contributed by atoms with Crippen LogP contribution < -0.4 is 5.56 Å². The van der Waals surface area contributed by atoms with Gasteiger partial charge in [-0.1, -0.05) is 47.2 Å². The van der Waals surface area contributed by atoms with Crippen molar-refractivity contribution in [3.05, 3.63) is 70.0 Å². The number of hydrogen-bond donors (Lipinski definition) is 0. The molecule has 0 amide bonds. The Labute approximate surface area is 148 Å².